The van der Waals surface area contributed by atoms with E-state index in [0.29, 0.717) is 17.8 Å². The van der Waals surface area contributed by atoms with E-state index >= 15 is 0 Å². The van der Waals surface area contributed by atoms with Gasteiger partial charge in [0, 0.05) is 23.9 Å². The van der Waals surface area contributed by atoms with E-state index < -0.39 is 0 Å². The van der Waals surface area contributed by atoms with E-state index in [4.69, 9.17) is 5.73 Å². The molecular weight excluding hydrogens is 290 g/mol. The van der Waals surface area contributed by atoms with Crippen molar-refractivity contribution >= 4 is 17.3 Å². The fraction of sp³-hybridized carbons (Fsp3) is 0.389. The van der Waals surface area contributed by atoms with Gasteiger partial charge in [-0.2, -0.15) is 0 Å². The summed E-state index contributed by atoms with van der Waals surface area (Å²) in [5.41, 5.74) is 7.31. The van der Waals surface area contributed by atoms with Crippen molar-refractivity contribution in [1.82, 2.24) is 5.32 Å². The molecule has 118 valence electrons. The molecule has 1 heterocycles. The van der Waals surface area contributed by atoms with Crippen molar-refractivity contribution in [3.63, 3.8) is 0 Å². The molecule has 0 aliphatic carbocycles. The fourth-order valence-electron chi connectivity index (χ4n) is 2.42. The molecule has 3 nitrogen and oxygen atoms in total. The molecule has 0 spiro atoms. The molecule has 1 aromatic heterocycles. The average Bonchev–Trinajstić information content (AvgIpc) is 3.01. The van der Waals surface area contributed by atoms with Crippen LogP contribution >= 0.6 is 11.3 Å². The summed E-state index contributed by atoms with van der Waals surface area (Å²) in [6.45, 7) is 6.01. The second-order valence-electron chi connectivity index (χ2n) is 5.74. The lowest BCUT2D eigenvalue weighted by molar-refractivity contribution is 0.506. The number of thiophene rings is 1. The maximum Gasteiger partial charge on any atom is 0.188 e. The summed E-state index contributed by atoms with van der Waals surface area (Å²) in [4.78, 5) is 5.89. The standard InChI is InChI=1S/C18H25N3S/c1-14(2)17(15-7-4-3-5-8-15)13-21-18(19)20-11-10-16-9-6-12-22-16/h3-9,12,14,17H,10-11,13H2,1-2H3,(H3,19,20,21). The molecule has 0 fully saturated rings. The van der Waals surface area contributed by atoms with Gasteiger partial charge in [0.2, 0.25) is 0 Å². The lowest BCUT2D eigenvalue weighted by Gasteiger charge is -2.19. The Morgan fingerprint density at radius 3 is 2.59 bits per heavy atom. The molecule has 0 saturated carbocycles. The van der Waals surface area contributed by atoms with Crippen molar-refractivity contribution in [2.24, 2.45) is 16.6 Å². The van der Waals surface area contributed by atoms with Crippen molar-refractivity contribution in [2.75, 3.05) is 13.1 Å². The first-order valence-electron chi connectivity index (χ1n) is 7.78. The number of nitrogens with two attached hydrogens (primary N) is 1. The molecular formula is C18H25N3S. The second-order valence-corrected chi connectivity index (χ2v) is 6.78. The van der Waals surface area contributed by atoms with Crippen LogP contribution in [0.3, 0.4) is 0 Å². The number of nitrogens with zero attached hydrogens (tertiary/aromatic N) is 1. The Morgan fingerprint density at radius 2 is 1.95 bits per heavy atom. The lowest BCUT2D eigenvalue weighted by atomic mass is 9.88. The monoisotopic (exact) mass is 315 g/mol. The summed E-state index contributed by atoms with van der Waals surface area (Å²) in [7, 11) is 0. The number of aliphatic imine (C=N–C) groups is 1. The van der Waals surface area contributed by atoms with Gasteiger partial charge in [-0.25, -0.2) is 0 Å². The lowest BCUT2D eigenvalue weighted by Crippen LogP contribution is -2.33. The van der Waals surface area contributed by atoms with E-state index in [-0.39, 0.29) is 0 Å². The van der Waals surface area contributed by atoms with E-state index in [1.807, 2.05) is 6.07 Å². The van der Waals surface area contributed by atoms with Gasteiger partial charge in [-0.05, 0) is 29.3 Å². The van der Waals surface area contributed by atoms with Crippen LogP contribution in [-0.2, 0) is 6.42 Å². The van der Waals surface area contributed by atoms with Crippen LogP contribution in [0.4, 0.5) is 0 Å². The minimum absolute atomic E-state index is 0.402. The van der Waals surface area contributed by atoms with Crippen molar-refractivity contribution in [3.05, 3.63) is 58.3 Å². The second kappa shape index (κ2) is 8.59. The molecule has 0 aliphatic heterocycles. The Balaban J connectivity index is 1.84. The van der Waals surface area contributed by atoms with Crippen LogP contribution in [0.5, 0.6) is 0 Å². The molecule has 22 heavy (non-hydrogen) atoms. The van der Waals surface area contributed by atoms with Gasteiger partial charge >= 0.3 is 0 Å². The van der Waals surface area contributed by atoms with Crippen LogP contribution in [0, 0.1) is 5.92 Å². The Labute approximate surface area is 137 Å². The molecule has 1 unspecified atom stereocenters. The molecule has 4 heteroatoms. The highest BCUT2D eigenvalue weighted by molar-refractivity contribution is 7.09. The number of benzene rings is 1. The smallest absolute Gasteiger partial charge is 0.188 e. The Hall–Kier alpha value is -1.81. The molecule has 0 aliphatic rings. The molecule has 1 atom stereocenters. The zero-order valence-corrected chi connectivity index (χ0v) is 14.1. The van der Waals surface area contributed by atoms with Gasteiger partial charge in [0.25, 0.3) is 0 Å². The van der Waals surface area contributed by atoms with Gasteiger partial charge in [-0.15, -0.1) is 11.3 Å². The van der Waals surface area contributed by atoms with E-state index in [1.165, 1.54) is 10.4 Å². The summed E-state index contributed by atoms with van der Waals surface area (Å²) >= 11 is 1.77. The van der Waals surface area contributed by atoms with E-state index in [2.05, 4.69) is 65.9 Å². The number of nitrogens with one attached hydrogen (secondary N) is 1. The Kier molecular flexibility index (Phi) is 6.46. The van der Waals surface area contributed by atoms with E-state index in [0.717, 1.165) is 19.5 Å². The van der Waals surface area contributed by atoms with Crippen molar-refractivity contribution in [3.8, 4) is 0 Å². The van der Waals surface area contributed by atoms with Crippen molar-refractivity contribution in [1.29, 1.82) is 0 Å². The minimum atomic E-state index is 0.402. The van der Waals surface area contributed by atoms with Gasteiger partial charge in [0.15, 0.2) is 5.96 Å². The van der Waals surface area contributed by atoms with Gasteiger partial charge in [-0.3, -0.25) is 4.99 Å². The van der Waals surface area contributed by atoms with Crippen LogP contribution < -0.4 is 11.1 Å². The number of guanidine groups is 1. The molecule has 1 aromatic carbocycles. The van der Waals surface area contributed by atoms with Crippen LogP contribution in [0.2, 0.25) is 0 Å². The molecule has 2 rings (SSSR count). The Morgan fingerprint density at radius 1 is 1.18 bits per heavy atom. The molecule has 2 aromatic rings. The van der Waals surface area contributed by atoms with Gasteiger partial charge in [0.05, 0.1) is 0 Å². The Bertz CT molecular complexity index is 561. The largest absolute Gasteiger partial charge is 0.370 e. The highest BCUT2D eigenvalue weighted by atomic mass is 32.1. The molecule has 0 radical (unpaired) electrons. The number of hydrogen-bond acceptors (Lipinski definition) is 2. The first-order chi connectivity index (χ1) is 10.7. The average molecular weight is 315 g/mol. The summed E-state index contributed by atoms with van der Waals surface area (Å²) in [5.74, 6) is 1.47. The highest BCUT2D eigenvalue weighted by Crippen LogP contribution is 2.24. The summed E-state index contributed by atoms with van der Waals surface area (Å²) in [6, 6.07) is 14.8. The normalized spacial score (nSPS) is 13.3. The predicted molar refractivity (Wildman–Crippen MR) is 96.5 cm³/mol. The summed E-state index contributed by atoms with van der Waals surface area (Å²) in [5, 5.41) is 5.30. The predicted octanol–water partition coefficient (Wildman–Crippen LogP) is 3.63. The third-order valence-electron chi connectivity index (χ3n) is 3.75. The summed E-state index contributed by atoms with van der Waals surface area (Å²) in [6.07, 6.45) is 0.986. The van der Waals surface area contributed by atoms with Crippen molar-refractivity contribution < 1.29 is 0 Å². The van der Waals surface area contributed by atoms with E-state index in [1.54, 1.807) is 11.3 Å². The van der Waals surface area contributed by atoms with E-state index in [9.17, 15) is 0 Å². The molecule has 0 amide bonds. The van der Waals surface area contributed by atoms with Crippen LogP contribution in [-0.4, -0.2) is 19.0 Å². The molecule has 0 saturated heterocycles. The SMILES string of the molecule is CC(C)C(CN=C(N)NCCc1cccs1)c1ccccc1. The zero-order chi connectivity index (χ0) is 15.8. The first kappa shape index (κ1) is 16.6. The van der Waals surface area contributed by atoms with Crippen molar-refractivity contribution in [2.45, 2.75) is 26.2 Å². The highest BCUT2D eigenvalue weighted by Gasteiger charge is 2.15. The summed E-state index contributed by atoms with van der Waals surface area (Å²) < 4.78 is 0. The van der Waals surface area contributed by atoms with Gasteiger partial charge in [0.1, 0.15) is 0 Å². The maximum absolute atomic E-state index is 5.98. The topological polar surface area (TPSA) is 50.4 Å². The van der Waals surface area contributed by atoms with Crippen LogP contribution in [0.15, 0.2) is 52.8 Å². The van der Waals surface area contributed by atoms with Gasteiger partial charge < -0.3 is 11.1 Å². The first-order valence-corrected chi connectivity index (χ1v) is 8.66. The zero-order valence-electron chi connectivity index (χ0n) is 13.3. The quantitative estimate of drug-likeness (QED) is 0.605. The maximum atomic E-state index is 5.98. The molecule has 0 bridgehead atoms. The molecule has 3 N–H and O–H groups in total. The van der Waals surface area contributed by atoms with Crippen LogP contribution in [0.25, 0.3) is 0 Å². The fourth-order valence-corrected chi connectivity index (χ4v) is 3.13. The third-order valence-corrected chi connectivity index (χ3v) is 4.68. The van der Waals surface area contributed by atoms with Crippen LogP contribution in [0.1, 0.15) is 30.2 Å². The minimum Gasteiger partial charge on any atom is -0.370 e. The van der Waals surface area contributed by atoms with Gasteiger partial charge in [-0.1, -0.05) is 50.2 Å². The third kappa shape index (κ3) is 5.19. The number of rotatable bonds is 7. The number of hydrogen-bond donors (Lipinski definition) is 2.